The van der Waals surface area contributed by atoms with E-state index in [4.69, 9.17) is 0 Å². The Hall–Kier alpha value is -2.92. The fourth-order valence-corrected chi connectivity index (χ4v) is 5.61. The van der Waals surface area contributed by atoms with Crippen LogP contribution in [0.5, 0.6) is 0 Å². The number of rotatable bonds is 10. The first-order chi connectivity index (χ1) is 17.5. The highest BCUT2D eigenvalue weighted by atomic mass is 127. The lowest BCUT2D eigenvalue weighted by atomic mass is 10.1. The van der Waals surface area contributed by atoms with Gasteiger partial charge in [-0.2, -0.15) is 0 Å². The van der Waals surface area contributed by atoms with Crippen LogP contribution < -0.4 is 9.62 Å². The number of hydrogen-bond donors (Lipinski definition) is 1. The van der Waals surface area contributed by atoms with E-state index in [0.717, 1.165) is 19.0 Å². The lowest BCUT2D eigenvalue weighted by Gasteiger charge is -2.32. The predicted octanol–water partition coefficient (Wildman–Crippen LogP) is 4.74. The molecule has 0 aliphatic heterocycles. The first-order valence-electron chi connectivity index (χ1n) is 12.0. The number of amides is 2. The largest absolute Gasteiger partial charge is 0.352 e. The first kappa shape index (κ1) is 28.6. The van der Waals surface area contributed by atoms with Crippen LogP contribution in [-0.4, -0.2) is 43.8 Å². The zero-order valence-electron chi connectivity index (χ0n) is 21.4. The molecule has 0 bridgehead atoms. The van der Waals surface area contributed by atoms with Gasteiger partial charge < -0.3 is 10.2 Å². The number of carbonyl (C=O) groups is 2. The number of nitrogens with zero attached hydrogens (tertiary/aromatic N) is 2. The Bertz CT molecular complexity index is 1330. The van der Waals surface area contributed by atoms with Crippen LogP contribution in [0.1, 0.15) is 31.9 Å². The molecule has 2 amide bonds. The van der Waals surface area contributed by atoms with Gasteiger partial charge >= 0.3 is 0 Å². The van der Waals surface area contributed by atoms with Gasteiger partial charge in [0.2, 0.25) is 11.8 Å². The number of carbonyl (C=O) groups excluding carboxylic acids is 2. The molecule has 3 rings (SSSR count). The van der Waals surface area contributed by atoms with Crippen molar-refractivity contribution in [2.24, 2.45) is 0 Å². The minimum atomic E-state index is -4.06. The van der Waals surface area contributed by atoms with Crippen molar-refractivity contribution >= 4 is 50.1 Å². The van der Waals surface area contributed by atoms with E-state index >= 15 is 0 Å². The Morgan fingerprint density at radius 3 is 2.08 bits per heavy atom. The van der Waals surface area contributed by atoms with Gasteiger partial charge in [0, 0.05) is 16.2 Å². The fraction of sp³-hybridized carbons (Fsp3) is 0.286. The smallest absolute Gasteiger partial charge is 0.264 e. The normalized spacial score (nSPS) is 12.2. The van der Waals surface area contributed by atoms with Crippen LogP contribution in [-0.2, 0) is 26.2 Å². The summed E-state index contributed by atoms with van der Waals surface area (Å²) in [6, 6.07) is 21.7. The second-order valence-corrected chi connectivity index (χ2v) is 12.2. The van der Waals surface area contributed by atoms with Crippen molar-refractivity contribution in [3.8, 4) is 0 Å². The van der Waals surface area contributed by atoms with Gasteiger partial charge in [0.25, 0.3) is 10.0 Å². The third-order valence-corrected chi connectivity index (χ3v) is 8.43. The summed E-state index contributed by atoms with van der Waals surface area (Å²) in [5.41, 5.74) is 2.22. The Balaban J connectivity index is 2.02. The highest BCUT2D eigenvalue weighted by Crippen LogP contribution is 2.25. The molecule has 9 heteroatoms. The topological polar surface area (TPSA) is 86.8 Å². The zero-order chi connectivity index (χ0) is 27.2. The third kappa shape index (κ3) is 7.32. The van der Waals surface area contributed by atoms with Crippen LogP contribution in [0.25, 0.3) is 0 Å². The van der Waals surface area contributed by atoms with Gasteiger partial charge in [0.05, 0.1) is 10.6 Å². The van der Waals surface area contributed by atoms with Gasteiger partial charge in [-0.05, 0) is 97.8 Å². The monoisotopic (exact) mass is 633 g/mol. The van der Waals surface area contributed by atoms with Crippen molar-refractivity contribution in [1.29, 1.82) is 0 Å². The second-order valence-electron chi connectivity index (χ2n) is 9.09. The minimum absolute atomic E-state index is 0.0809. The molecule has 0 aliphatic carbocycles. The Labute approximate surface area is 233 Å². The van der Waals surface area contributed by atoms with E-state index in [1.807, 2.05) is 45.0 Å². The van der Waals surface area contributed by atoms with E-state index in [2.05, 4.69) is 27.9 Å². The standard InChI is InChI=1S/C28H32IN3O4S/c1-20(2)30-28(34)22(4)31(18-23-11-9-8-10-21(23)3)27(33)19-32(25-16-14-24(29)15-17-25)37(35,36)26-12-6-5-7-13-26/h5-17,20,22H,18-19H2,1-4H3,(H,30,34). The molecular formula is C28H32IN3O4S. The van der Waals surface area contributed by atoms with Crippen molar-refractivity contribution in [3.05, 3.63) is 93.6 Å². The average Bonchev–Trinajstić information content (AvgIpc) is 2.87. The first-order valence-corrected chi connectivity index (χ1v) is 14.5. The predicted molar refractivity (Wildman–Crippen MR) is 155 cm³/mol. The number of halogens is 1. The molecule has 1 unspecified atom stereocenters. The second kappa shape index (κ2) is 12.6. The molecule has 37 heavy (non-hydrogen) atoms. The maximum atomic E-state index is 13.9. The fourth-order valence-electron chi connectivity index (χ4n) is 3.81. The quantitative estimate of drug-likeness (QED) is 0.327. The van der Waals surface area contributed by atoms with Crippen LogP contribution in [0.2, 0.25) is 0 Å². The molecule has 0 saturated carbocycles. The summed E-state index contributed by atoms with van der Waals surface area (Å²) in [6.07, 6.45) is 0. The number of sulfonamides is 1. The van der Waals surface area contributed by atoms with Crippen LogP contribution in [0.15, 0.2) is 83.8 Å². The maximum Gasteiger partial charge on any atom is 0.264 e. The summed E-state index contributed by atoms with van der Waals surface area (Å²) >= 11 is 2.14. The number of benzene rings is 3. The molecule has 0 aliphatic rings. The van der Waals surface area contributed by atoms with Gasteiger partial charge in [-0.3, -0.25) is 13.9 Å². The van der Waals surface area contributed by atoms with E-state index in [1.54, 1.807) is 49.4 Å². The number of nitrogens with one attached hydrogen (secondary N) is 1. The molecular weight excluding hydrogens is 601 g/mol. The molecule has 0 spiro atoms. The van der Waals surface area contributed by atoms with E-state index in [-0.39, 0.29) is 23.4 Å². The Morgan fingerprint density at radius 1 is 0.892 bits per heavy atom. The van der Waals surface area contributed by atoms with Gasteiger partial charge in [-0.15, -0.1) is 0 Å². The van der Waals surface area contributed by atoms with E-state index in [9.17, 15) is 18.0 Å². The van der Waals surface area contributed by atoms with E-state index in [0.29, 0.717) is 5.69 Å². The summed E-state index contributed by atoms with van der Waals surface area (Å²) in [6.45, 7) is 7.02. The lowest BCUT2D eigenvalue weighted by Crippen LogP contribution is -2.52. The van der Waals surface area contributed by atoms with Gasteiger partial charge in [-0.1, -0.05) is 42.5 Å². The SMILES string of the molecule is Cc1ccccc1CN(C(=O)CN(c1ccc(I)cc1)S(=O)(=O)c1ccccc1)C(C)C(=O)NC(C)C. The number of hydrogen-bond acceptors (Lipinski definition) is 4. The summed E-state index contributed by atoms with van der Waals surface area (Å²) < 4.78 is 29.5. The molecule has 3 aromatic rings. The molecule has 7 nitrogen and oxygen atoms in total. The molecule has 1 atom stereocenters. The van der Waals surface area contributed by atoms with Gasteiger partial charge in [-0.25, -0.2) is 8.42 Å². The van der Waals surface area contributed by atoms with Crippen LogP contribution >= 0.6 is 22.6 Å². The van der Waals surface area contributed by atoms with Crippen LogP contribution in [0, 0.1) is 10.5 Å². The summed E-state index contributed by atoms with van der Waals surface area (Å²) in [5, 5.41) is 2.86. The molecule has 0 heterocycles. The Morgan fingerprint density at radius 2 is 1.49 bits per heavy atom. The highest BCUT2D eigenvalue weighted by molar-refractivity contribution is 14.1. The molecule has 0 fully saturated rings. The summed E-state index contributed by atoms with van der Waals surface area (Å²) in [7, 11) is -4.06. The molecule has 0 radical (unpaired) electrons. The minimum Gasteiger partial charge on any atom is -0.352 e. The van der Waals surface area contributed by atoms with Gasteiger partial charge in [0.1, 0.15) is 12.6 Å². The van der Waals surface area contributed by atoms with Crippen molar-refractivity contribution < 1.29 is 18.0 Å². The summed E-state index contributed by atoms with van der Waals surface area (Å²) in [5.74, 6) is -0.781. The zero-order valence-corrected chi connectivity index (χ0v) is 24.4. The van der Waals surface area contributed by atoms with E-state index < -0.39 is 28.5 Å². The molecule has 3 aromatic carbocycles. The van der Waals surface area contributed by atoms with Crippen molar-refractivity contribution in [1.82, 2.24) is 10.2 Å². The van der Waals surface area contributed by atoms with Crippen LogP contribution in [0.3, 0.4) is 0 Å². The third-order valence-electron chi connectivity index (χ3n) is 5.92. The van der Waals surface area contributed by atoms with Crippen molar-refractivity contribution in [3.63, 3.8) is 0 Å². The maximum absolute atomic E-state index is 13.9. The van der Waals surface area contributed by atoms with Gasteiger partial charge in [0.15, 0.2) is 0 Å². The van der Waals surface area contributed by atoms with Crippen molar-refractivity contribution in [2.45, 2.75) is 51.2 Å². The summed E-state index contributed by atoms with van der Waals surface area (Å²) in [4.78, 5) is 28.3. The van der Waals surface area contributed by atoms with Crippen molar-refractivity contribution in [2.75, 3.05) is 10.8 Å². The molecule has 1 N–H and O–H groups in total. The number of aryl methyl sites for hydroxylation is 1. The lowest BCUT2D eigenvalue weighted by molar-refractivity contribution is -0.139. The highest BCUT2D eigenvalue weighted by Gasteiger charge is 2.32. The molecule has 196 valence electrons. The number of anilines is 1. The molecule has 0 saturated heterocycles. The van der Waals surface area contributed by atoms with Crippen LogP contribution in [0.4, 0.5) is 5.69 Å². The van der Waals surface area contributed by atoms with E-state index in [1.165, 1.54) is 17.0 Å². The molecule has 0 aromatic heterocycles. The Kier molecular flexibility index (Phi) is 9.72. The average molecular weight is 634 g/mol.